The minimum Gasteiger partial charge on any atom is -0.478 e. The van der Waals surface area contributed by atoms with Crippen LogP contribution in [-0.4, -0.2) is 35.1 Å². The molecule has 0 spiro atoms. The van der Waals surface area contributed by atoms with E-state index in [1.54, 1.807) is 30.0 Å². The topological polar surface area (TPSA) is 69.6 Å². The molecule has 1 fully saturated rings. The molecular formula is C15H20N2O3. The highest BCUT2D eigenvalue weighted by atomic mass is 16.4. The van der Waals surface area contributed by atoms with Crippen molar-refractivity contribution < 1.29 is 14.7 Å². The van der Waals surface area contributed by atoms with Crippen LogP contribution in [0.5, 0.6) is 0 Å². The monoisotopic (exact) mass is 276 g/mol. The van der Waals surface area contributed by atoms with E-state index in [0.29, 0.717) is 17.2 Å². The molecule has 2 N–H and O–H groups in total. The number of benzene rings is 1. The summed E-state index contributed by atoms with van der Waals surface area (Å²) in [6.07, 6.45) is 2.13. The molecule has 0 saturated carbocycles. The number of likely N-dealkylation sites (tertiary alicyclic amines) is 1. The number of piperidine rings is 1. The molecule has 5 nitrogen and oxygen atoms in total. The molecular weight excluding hydrogens is 256 g/mol. The van der Waals surface area contributed by atoms with Gasteiger partial charge in [0.2, 0.25) is 0 Å². The van der Waals surface area contributed by atoms with Crippen molar-refractivity contribution in [3.05, 3.63) is 29.3 Å². The van der Waals surface area contributed by atoms with Crippen molar-refractivity contribution >= 4 is 17.7 Å². The Kier molecular flexibility index (Phi) is 4.27. The van der Waals surface area contributed by atoms with Crippen LogP contribution in [0.4, 0.5) is 10.5 Å². The minimum absolute atomic E-state index is 0.158. The summed E-state index contributed by atoms with van der Waals surface area (Å²) in [4.78, 5) is 25.3. The van der Waals surface area contributed by atoms with Crippen molar-refractivity contribution in [2.45, 2.75) is 26.7 Å². The van der Waals surface area contributed by atoms with E-state index in [1.807, 2.05) is 0 Å². The molecule has 1 aromatic carbocycles. The zero-order valence-corrected chi connectivity index (χ0v) is 11.8. The SMILES string of the molecule is Cc1cccc(NC(=O)N2CCCC(C)C2)c1C(=O)O. The molecule has 20 heavy (non-hydrogen) atoms. The van der Waals surface area contributed by atoms with Crippen LogP contribution in [0, 0.1) is 12.8 Å². The van der Waals surface area contributed by atoms with Gasteiger partial charge in [-0.3, -0.25) is 0 Å². The first-order chi connectivity index (χ1) is 9.49. The van der Waals surface area contributed by atoms with Crippen LogP contribution in [0.15, 0.2) is 18.2 Å². The second kappa shape index (κ2) is 5.94. The molecule has 108 valence electrons. The Morgan fingerprint density at radius 1 is 1.40 bits per heavy atom. The molecule has 1 heterocycles. The molecule has 2 amide bonds. The van der Waals surface area contributed by atoms with Crippen LogP contribution >= 0.6 is 0 Å². The number of urea groups is 1. The van der Waals surface area contributed by atoms with Gasteiger partial charge in [0, 0.05) is 13.1 Å². The van der Waals surface area contributed by atoms with Gasteiger partial charge in [0.25, 0.3) is 0 Å². The lowest BCUT2D eigenvalue weighted by Gasteiger charge is -2.31. The lowest BCUT2D eigenvalue weighted by Crippen LogP contribution is -2.41. The van der Waals surface area contributed by atoms with Crippen LogP contribution in [-0.2, 0) is 0 Å². The fourth-order valence-electron chi connectivity index (χ4n) is 2.62. The van der Waals surface area contributed by atoms with E-state index < -0.39 is 5.97 Å². The second-order valence-corrected chi connectivity index (χ2v) is 5.43. The molecule has 1 unspecified atom stereocenters. The first-order valence-corrected chi connectivity index (χ1v) is 6.88. The quantitative estimate of drug-likeness (QED) is 0.872. The van der Waals surface area contributed by atoms with E-state index in [9.17, 15) is 14.7 Å². The number of carboxylic acid groups (broad SMARTS) is 1. The van der Waals surface area contributed by atoms with E-state index >= 15 is 0 Å². The molecule has 5 heteroatoms. The highest BCUT2D eigenvalue weighted by Crippen LogP contribution is 2.21. The van der Waals surface area contributed by atoms with E-state index in [2.05, 4.69) is 12.2 Å². The Morgan fingerprint density at radius 3 is 2.80 bits per heavy atom. The zero-order valence-electron chi connectivity index (χ0n) is 11.8. The average molecular weight is 276 g/mol. The summed E-state index contributed by atoms with van der Waals surface area (Å²) in [5.74, 6) is -0.531. The number of carbonyl (C=O) groups is 2. The maximum atomic E-state index is 12.2. The minimum atomic E-state index is -1.02. The van der Waals surface area contributed by atoms with Gasteiger partial charge in [-0.25, -0.2) is 9.59 Å². The zero-order chi connectivity index (χ0) is 14.7. The molecule has 0 aromatic heterocycles. The summed E-state index contributed by atoms with van der Waals surface area (Å²) in [5.41, 5.74) is 1.16. The van der Waals surface area contributed by atoms with Gasteiger partial charge < -0.3 is 15.3 Å². The third-order valence-electron chi connectivity index (χ3n) is 3.67. The number of aryl methyl sites for hydroxylation is 1. The Hall–Kier alpha value is -2.04. The Morgan fingerprint density at radius 2 is 2.15 bits per heavy atom. The van der Waals surface area contributed by atoms with Gasteiger partial charge in [-0.05, 0) is 37.3 Å². The summed E-state index contributed by atoms with van der Waals surface area (Å²) >= 11 is 0. The van der Waals surface area contributed by atoms with Crippen LogP contribution in [0.25, 0.3) is 0 Å². The number of nitrogens with zero attached hydrogens (tertiary/aromatic N) is 1. The van der Waals surface area contributed by atoms with Crippen molar-refractivity contribution in [1.29, 1.82) is 0 Å². The average Bonchev–Trinajstić information content (AvgIpc) is 2.38. The van der Waals surface area contributed by atoms with Gasteiger partial charge >= 0.3 is 12.0 Å². The Labute approximate surface area is 118 Å². The third kappa shape index (κ3) is 3.10. The molecule has 2 rings (SSSR count). The standard InChI is InChI=1S/C15H20N2O3/c1-10-5-4-8-17(9-10)15(20)16-12-7-3-6-11(2)13(12)14(18)19/h3,6-7,10H,4-5,8-9H2,1-2H3,(H,16,20)(H,18,19). The lowest BCUT2D eigenvalue weighted by atomic mass is 10.0. The molecule has 1 aliphatic heterocycles. The molecule has 1 aliphatic rings. The number of aromatic carboxylic acids is 1. The van der Waals surface area contributed by atoms with Crippen molar-refractivity contribution in [1.82, 2.24) is 4.90 Å². The van der Waals surface area contributed by atoms with Gasteiger partial charge in [-0.2, -0.15) is 0 Å². The van der Waals surface area contributed by atoms with Gasteiger partial charge in [-0.15, -0.1) is 0 Å². The van der Waals surface area contributed by atoms with Crippen LogP contribution < -0.4 is 5.32 Å². The van der Waals surface area contributed by atoms with Crippen molar-refractivity contribution in [2.75, 3.05) is 18.4 Å². The molecule has 1 atom stereocenters. The van der Waals surface area contributed by atoms with E-state index in [-0.39, 0.29) is 11.6 Å². The van der Waals surface area contributed by atoms with Crippen LogP contribution in [0.1, 0.15) is 35.7 Å². The predicted octanol–water partition coefficient (Wildman–Crippen LogP) is 2.96. The number of amides is 2. The van der Waals surface area contributed by atoms with E-state index in [1.165, 1.54) is 0 Å². The van der Waals surface area contributed by atoms with Crippen molar-refractivity contribution in [3.8, 4) is 0 Å². The molecule has 0 radical (unpaired) electrons. The summed E-state index contributed by atoms with van der Waals surface area (Å²) in [6.45, 7) is 5.29. The summed E-state index contributed by atoms with van der Waals surface area (Å²) < 4.78 is 0. The Balaban J connectivity index is 2.15. The molecule has 1 saturated heterocycles. The Bertz CT molecular complexity index is 528. The number of anilines is 1. The fraction of sp³-hybridized carbons (Fsp3) is 0.467. The lowest BCUT2D eigenvalue weighted by molar-refractivity contribution is 0.0697. The highest BCUT2D eigenvalue weighted by molar-refractivity contribution is 6.01. The third-order valence-corrected chi connectivity index (χ3v) is 3.67. The van der Waals surface area contributed by atoms with Gasteiger partial charge in [0.1, 0.15) is 0 Å². The summed E-state index contributed by atoms with van der Waals surface area (Å²) in [7, 11) is 0. The number of nitrogens with one attached hydrogen (secondary N) is 1. The maximum Gasteiger partial charge on any atom is 0.338 e. The second-order valence-electron chi connectivity index (χ2n) is 5.43. The number of rotatable bonds is 2. The van der Waals surface area contributed by atoms with Crippen LogP contribution in [0.2, 0.25) is 0 Å². The fourth-order valence-corrected chi connectivity index (χ4v) is 2.62. The first kappa shape index (κ1) is 14.4. The van der Waals surface area contributed by atoms with Crippen molar-refractivity contribution in [2.24, 2.45) is 5.92 Å². The summed E-state index contributed by atoms with van der Waals surface area (Å²) in [5, 5.41) is 12.0. The van der Waals surface area contributed by atoms with Crippen molar-refractivity contribution in [3.63, 3.8) is 0 Å². The molecule has 0 aliphatic carbocycles. The normalized spacial score (nSPS) is 18.7. The van der Waals surface area contributed by atoms with E-state index in [4.69, 9.17) is 0 Å². The predicted molar refractivity (Wildman–Crippen MR) is 77.1 cm³/mol. The summed E-state index contributed by atoms with van der Waals surface area (Å²) in [6, 6.07) is 4.88. The van der Waals surface area contributed by atoms with E-state index in [0.717, 1.165) is 25.9 Å². The largest absolute Gasteiger partial charge is 0.478 e. The number of hydrogen-bond donors (Lipinski definition) is 2. The highest BCUT2D eigenvalue weighted by Gasteiger charge is 2.22. The van der Waals surface area contributed by atoms with Crippen LogP contribution in [0.3, 0.4) is 0 Å². The maximum absolute atomic E-state index is 12.2. The number of carboxylic acids is 1. The van der Waals surface area contributed by atoms with Gasteiger partial charge in [0.15, 0.2) is 0 Å². The molecule has 0 bridgehead atoms. The first-order valence-electron chi connectivity index (χ1n) is 6.88. The number of hydrogen-bond acceptors (Lipinski definition) is 2. The number of carbonyl (C=O) groups excluding carboxylic acids is 1. The smallest absolute Gasteiger partial charge is 0.338 e. The van der Waals surface area contributed by atoms with Gasteiger partial charge in [-0.1, -0.05) is 19.1 Å². The van der Waals surface area contributed by atoms with Gasteiger partial charge in [0.05, 0.1) is 11.3 Å². The molecule has 1 aromatic rings.